The minimum Gasteiger partial charge on any atom is -0.344 e. The van der Waals surface area contributed by atoms with Crippen LogP contribution in [0.1, 0.15) is 36.8 Å². The van der Waals surface area contributed by atoms with Gasteiger partial charge in [-0.2, -0.15) is 0 Å². The molecule has 0 aliphatic carbocycles. The van der Waals surface area contributed by atoms with E-state index in [4.69, 9.17) is 0 Å². The van der Waals surface area contributed by atoms with Crippen LogP contribution >= 0.6 is 12.4 Å². The van der Waals surface area contributed by atoms with E-state index in [-0.39, 0.29) is 18.3 Å². The number of halogens is 1. The van der Waals surface area contributed by atoms with Gasteiger partial charge < -0.3 is 10.2 Å². The summed E-state index contributed by atoms with van der Waals surface area (Å²) in [5.41, 5.74) is 2.53. The van der Waals surface area contributed by atoms with Crippen LogP contribution < -0.4 is 5.32 Å². The predicted molar refractivity (Wildman–Crippen MR) is 87.6 cm³/mol. The van der Waals surface area contributed by atoms with Crippen molar-refractivity contribution in [2.75, 3.05) is 27.2 Å². The summed E-state index contributed by atoms with van der Waals surface area (Å²) in [6.45, 7) is 5.83. The smallest absolute Gasteiger partial charge is 0.222 e. The van der Waals surface area contributed by atoms with E-state index >= 15 is 0 Å². The first-order valence-corrected chi connectivity index (χ1v) is 7.03. The average molecular weight is 299 g/mol. The monoisotopic (exact) mass is 298 g/mol. The van der Waals surface area contributed by atoms with Crippen molar-refractivity contribution < 1.29 is 4.79 Å². The number of benzene rings is 1. The Labute approximate surface area is 129 Å². The summed E-state index contributed by atoms with van der Waals surface area (Å²) in [6, 6.07) is 8.52. The van der Waals surface area contributed by atoms with Crippen LogP contribution in [-0.4, -0.2) is 38.0 Å². The molecule has 1 N–H and O–H groups in total. The first kappa shape index (κ1) is 18.9. The van der Waals surface area contributed by atoms with Crippen molar-refractivity contribution in [3.8, 4) is 0 Å². The molecule has 0 saturated heterocycles. The highest BCUT2D eigenvalue weighted by Gasteiger charge is 2.16. The SMILES string of the molecule is CCC(CC(=O)N(C)CCNC)c1ccc(C)cc1.Cl. The maximum absolute atomic E-state index is 12.2. The summed E-state index contributed by atoms with van der Waals surface area (Å²) in [5.74, 6) is 0.549. The van der Waals surface area contributed by atoms with Gasteiger partial charge in [0.15, 0.2) is 0 Å². The molecule has 0 heterocycles. The molecule has 0 aliphatic rings. The molecule has 1 unspecified atom stereocenters. The second-order valence-corrected chi connectivity index (χ2v) is 5.14. The third kappa shape index (κ3) is 5.93. The predicted octanol–water partition coefficient (Wildman–Crippen LogP) is 2.98. The van der Waals surface area contributed by atoms with Crippen LogP contribution in [-0.2, 0) is 4.79 Å². The summed E-state index contributed by atoms with van der Waals surface area (Å²) >= 11 is 0. The number of aryl methyl sites for hydroxylation is 1. The van der Waals surface area contributed by atoms with Gasteiger partial charge in [-0.25, -0.2) is 0 Å². The van der Waals surface area contributed by atoms with Crippen LogP contribution in [0.25, 0.3) is 0 Å². The zero-order valence-corrected chi connectivity index (χ0v) is 13.8. The van der Waals surface area contributed by atoms with E-state index in [2.05, 4.69) is 43.4 Å². The fourth-order valence-electron chi connectivity index (χ4n) is 2.11. The van der Waals surface area contributed by atoms with Crippen molar-refractivity contribution >= 4 is 18.3 Å². The Morgan fingerprint density at radius 3 is 2.40 bits per heavy atom. The van der Waals surface area contributed by atoms with E-state index in [9.17, 15) is 4.79 Å². The number of hydrogen-bond donors (Lipinski definition) is 1. The normalized spacial score (nSPS) is 11.6. The Morgan fingerprint density at radius 2 is 1.90 bits per heavy atom. The van der Waals surface area contributed by atoms with Gasteiger partial charge in [0.05, 0.1) is 0 Å². The molecule has 0 aliphatic heterocycles. The standard InChI is InChI=1S/C16H26N2O.ClH/c1-5-14(15-8-6-13(2)7-9-15)12-16(19)18(4)11-10-17-3;/h6-9,14,17H,5,10-12H2,1-4H3;1H. The first-order valence-electron chi connectivity index (χ1n) is 7.03. The van der Waals surface area contributed by atoms with Crippen LogP contribution in [0.15, 0.2) is 24.3 Å². The maximum Gasteiger partial charge on any atom is 0.222 e. The first-order chi connectivity index (χ1) is 9.08. The molecule has 1 aromatic carbocycles. The average Bonchev–Trinajstić information content (AvgIpc) is 2.42. The Balaban J connectivity index is 0.00000361. The van der Waals surface area contributed by atoms with Gasteiger partial charge in [-0.1, -0.05) is 36.8 Å². The van der Waals surface area contributed by atoms with Crippen LogP contribution in [0.5, 0.6) is 0 Å². The van der Waals surface area contributed by atoms with Crippen molar-refractivity contribution in [1.82, 2.24) is 10.2 Å². The van der Waals surface area contributed by atoms with E-state index in [1.165, 1.54) is 11.1 Å². The van der Waals surface area contributed by atoms with Gasteiger partial charge >= 0.3 is 0 Å². The summed E-state index contributed by atoms with van der Waals surface area (Å²) in [6.07, 6.45) is 1.59. The molecular weight excluding hydrogens is 272 g/mol. The molecule has 0 bridgehead atoms. The zero-order valence-electron chi connectivity index (χ0n) is 13.0. The number of rotatable bonds is 7. The molecular formula is C16H27ClN2O. The lowest BCUT2D eigenvalue weighted by Crippen LogP contribution is -2.33. The second kappa shape index (κ2) is 9.78. The molecule has 1 atom stereocenters. The number of carbonyl (C=O) groups is 1. The zero-order chi connectivity index (χ0) is 14.3. The number of hydrogen-bond acceptors (Lipinski definition) is 2. The van der Waals surface area contributed by atoms with Gasteiger partial charge in [-0.05, 0) is 31.9 Å². The summed E-state index contributed by atoms with van der Waals surface area (Å²) in [7, 11) is 3.78. The van der Waals surface area contributed by atoms with Crippen LogP contribution in [0, 0.1) is 6.92 Å². The number of nitrogens with one attached hydrogen (secondary N) is 1. The number of nitrogens with zero attached hydrogens (tertiary/aromatic N) is 1. The number of likely N-dealkylation sites (N-methyl/N-ethyl adjacent to an activating group) is 2. The van der Waals surface area contributed by atoms with E-state index in [1.807, 2.05) is 19.0 Å². The fourth-order valence-corrected chi connectivity index (χ4v) is 2.11. The second-order valence-electron chi connectivity index (χ2n) is 5.14. The van der Waals surface area contributed by atoms with Crippen LogP contribution in [0.4, 0.5) is 0 Å². The van der Waals surface area contributed by atoms with Gasteiger partial charge in [0.25, 0.3) is 0 Å². The molecule has 1 aromatic rings. The van der Waals surface area contributed by atoms with Gasteiger partial charge in [-0.3, -0.25) is 4.79 Å². The third-order valence-corrected chi connectivity index (χ3v) is 3.59. The molecule has 4 heteroatoms. The van der Waals surface area contributed by atoms with Gasteiger partial charge in [-0.15, -0.1) is 12.4 Å². The minimum absolute atomic E-state index is 0. The molecule has 114 valence electrons. The Bertz CT molecular complexity index is 392. The van der Waals surface area contributed by atoms with Crippen LogP contribution in [0.2, 0.25) is 0 Å². The molecule has 0 radical (unpaired) electrons. The molecule has 0 fully saturated rings. The lowest BCUT2D eigenvalue weighted by atomic mass is 9.92. The third-order valence-electron chi connectivity index (χ3n) is 3.59. The summed E-state index contributed by atoms with van der Waals surface area (Å²) < 4.78 is 0. The highest BCUT2D eigenvalue weighted by atomic mass is 35.5. The molecule has 0 saturated carbocycles. The topological polar surface area (TPSA) is 32.3 Å². The number of carbonyl (C=O) groups excluding carboxylic acids is 1. The van der Waals surface area contributed by atoms with Gasteiger partial charge in [0, 0.05) is 26.6 Å². The van der Waals surface area contributed by atoms with E-state index in [0.29, 0.717) is 12.3 Å². The molecule has 20 heavy (non-hydrogen) atoms. The molecule has 1 rings (SSSR count). The molecule has 0 spiro atoms. The van der Waals surface area contributed by atoms with Crippen LogP contribution in [0.3, 0.4) is 0 Å². The highest BCUT2D eigenvalue weighted by molar-refractivity contribution is 5.85. The highest BCUT2D eigenvalue weighted by Crippen LogP contribution is 2.24. The maximum atomic E-state index is 12.2. The number of amides is 1. The van der Waals surface area contributed by atoms with E-state index in [0.717, 1.165) is 19.5 Å². The minimum atomic E-state index is 0. The van der Waals surface area contributed by atoms with E-state index < -0.39 is 0 Å². The Morgan fingerprint density at radius 1 is 1.30 bits per heavy atom. The lowest BCUT2D eigenvalue weighted by Gasteiger charge is -2.21. The van der Waals surface area contributed by atoms with Crippen molar-refractivity contribution in [3.05, 3.63) is 35.4 Å². The lowest BCUT2D eigenvalue weighted by molar-refractivity contribution is -0.130. The van der Waals surface area contributed by atoms with Crippen molar-refractivity contribution in [1.29, 1.82) is 0 Å². The summed E-state index contributed by atoms with van der Waals surface area (Å²) in [5, 5.41) is 3.06. The molecule has 1 amide bonds. The fraction of sp³-hybridized carbons (Fsp3) is 0.562. The quantitative estimate of drug-likeness (QED) is 0.839. The Kier molecular flexibility index (Phi) is 9.26. The molecule has 3 nitrogen and oxygen atoms in total. The van der Waals surface area contributed by atoms with E-state index in [1.54, 1.807) is 0 Å². The van der Waals surface area contributed by atoms with Crippen molar-refractivity contribution in [3.63, 3.8) is 0 Å². The molecule has 0 aromatic heterocycles. The summed E-state index contributed by atoms with van der Waals surface area (Å²) in [4.78, 5) is 14.0. The largest absolute Gasteiger partial charge is 0.344 e. The Hall–Kier alpha value is -1.06. The van der Waals surface area contributed by atoms with Crippen molar-refractivity contribution in [2.45, 2.75) is 32.6 Å². The van der Waals surface area contributed by atoms with Gasteiger partial charge in [0.1, 0.15) is 0 Å². The van der Waals surface area contributed by atoms with Gasteiger partial charge in [0.2, 0.25) is 5.91 Å². The van der Waals surface area contributed by atoms with Crippen molar-refractivity contribution in [2.24, 2.45) is 0 Å².